The van der Waals surface area contributed by atoms with Crippen LogP contribution in [0.5, 0.6) is 0 Å². The quantitative estimate of drug-likeness (QED) is 0.459. The Morgan fingerprint density at radius 2 is 1.65 bits per heavy atom. The second kappa shape index (κ2) is 5.55. The van der Waals surface area contributed by atoms with Crippen molar-refractivity contribution in [3.05, 3.63) is 33.8 Å². The molecule has 0 unspecified atom stereocenters. The van der Waals surface area contributed by atoms with E-state index in [4.69, 9.17) is 4.74 Å². The summed E-state index contributed by atoms with van der Waals surface area (Å²) in [6, 6.07) is 2.59. The summed E-state index contributed by atoms with van der Waals surface area (Å²) in [6.07, 6.45) is -4.60. The Morgan fingerprint density at radius 1 is 1.10 bits per heavy atom. The number of halogens is 4. The second-order valence-corrected chi connectivity index (χ2v) is 5.97. The van der Waals surface area contributed by atoms with Gasteiger partial charge in [-0.3, -0.25) is 4.79 Å². The van der Waals surface area contributed by atoms with Crippen LogP contribution in [-0.4, -0.2) is 17.4 Å². The molecule has 1 aromatic rings. The van der Waals surface area contributed by atoms with E-state index in [2.05, 4.69) is 15.9 Å². The summed E-state index contributed by atoms with van der Waals surface area (Å²) in [6.45, 7) is 4.67. The second-order valence-electron chi connectivity index (χ2n) is 5.06. The van der Waals surface area contributed by atoms with Crippen molar-refractivity contribution < 1.29 is 27.5 Å². The van der Waals surface area contributed by atoms with Crippen LogP contribution in [0.2, 0.25) is 0 Å². The minimum absolute atomic E-state index is 0.0548. The van der Waals surface area contributed by atoms with Crippen molar-refractivity contribution in [1.29, 1.82) is 0 Å². The molecular formula is C13H12BrF3O3. The maximum absolute atomic E-state index is 12.6. The van der Waals surface area contributed by atoms with E-state index in [1.165, 1.54) is 0 Å². The smallest absolute Gasteiger partial charge is 0.416 e. The van der Waals surface area contributed by atoms with Gasteiger partial charge < -0.3 is 4.74 Å². The predicted molar refractivity (Wildman–Crippen MR) is 69.3 cm³/mol. The SMILES string of the molecule is CC(C)(C)OC(=O)C(=O)c1cc(Br)cc(C(F)(F)F)c1. The van der Waals surface area contributed by atoms with Crippen molar-refractivity contribution in [3.8, 4) is 0 Å². The molecule has 0 saturated carbocycles. The van der Waals surface area contributed by atoms with Gasteiger partial charge in [0.15, 0.2) is 0 Å². The van der Waals surface area contributed by atoms with Crippen LogP contribution in [0.4, 0.5) is 13.2 Å². The van der Waals surface area contributed by atoms with Gasteiger partial charge in [0, 0.05) is 10.0 Å². The Morgan fingerprint density at radius 3 is 2.10 bits per heavy atom. The number of rotatable bonds is 2. The molecule has 0 heterocycles. The molecule has 20 heavy (non-hydrogen) atoms. The average Bonchev–Trinajstić information content (AvgIpc) is 2.23. The van der Waals surface area contributed by atoms with Gasteiger partial charge in [-0.25, -0.2) is 4.79 Å². The lowest BCUT2D eigenvalue weighted by atomic mass is 10.1. The van der Waals surface area contributed by atoms with Gasteiger partial charge in [-0.05, 0) is 39.0 Å². The number of hydrogen-bond acceptors (Lipinski definition) is 3. The maximum atomic E-state index is 12.6. The van der Waals surface area contributed by atoms with Gasteiger partial charge in [-0.2, -0.15) is 13.2 Å². The van der Waals surface area contributed by atoms with Crippen LogP contribution in [0.25, 0.3) is 0 Å². The molecule has 0 atom stereocenters. The molecule has 0 aliphatic carbocycles. The van der Waals surface area contributed by atoms with E-state index >= 15 is 0 Å². The highest BCUT2D eigenvalue weighted by Crippen LogP contribution is 2.32. The fourth-order valence-electron chi connectivity index (χ4n) is 1.33. The van der Waals surface area contributed by atoms with Crippen molar-refractivity contribution in [2.75, 3.05) is 0 Å². The molecule has 0 aliphatic heterocycles. The molecule has 0 radical (unpaired) electrons. The molecule has 0 fully saturated rings. The van der Waals surface area contributed by atoms with Crippen LogP contribution < -0.4 is 0 Å². The minimum atomic E-state index is -4.60. The predicted octanol–water partition coefficient (Wildman–Crippen LogP) is 3.99. The summed E-state index contributed by atoms with van der Waals surface area (Å²) >= 11 is 2.88. The van der Waals surface area contributed by atoms with Crippen LogP contribution in [0.3, 0.4) is 0 Å². The summed E-state index contributed by atoms with van der Waals surface area (Å²) in [5, 5.41) is 0. The Bertz CT molecular complexity index is 545. The fraction of sp³-hybridized carbons (Fsp3) is 0.385. The summed E-state index contributed by atoms with van der Waals surface area (Å²) in [4.78, 5) is 23.4. The maximum Gasteiger partial charge on any atom is 0.416 e. The number of ether oxygens (including phenoxy) is 1. The molecule has 1 rings (SSSR count). The minimum Gasteiger partial charge on any atom is -0.454 e. The molecule has 0 saturated heterocycles. The first-order valence-electron chi connectivity index (χ1n) is 5.55. The monoisotopic (exact) mass is 352 g/mol. The van der Waals surface area contributed by atoms with Crippen molar-refractivity contribution in [3.63, 3.8) is 0 Å². The Labute approximate surface area is 122 Å². The topological polar surface area (TPSA) is 43.4 Å². The van der Waals surface area contributed by atoms with E-state index < -0.39 is 29.1 Å². The van der Waals surface area contributed by atoms with Gasteiger partial charge in [-0.1, -0.05) is 15.9 Å². The number of carbonyl (C=O) groups is 2. The van der Waals surface area contributed by atoms with Crippen LogP contribution in [0.1, 0.15) is 36.7 Å². The van der Waals surface area contributed by atoms with E-state index in [1.54, 1.807) is 20.8 Å². The van der Waals surface area contributed by atoms with Crippen molar-refractivity contribution >= 4 is 27.7 Å². The van der Waals surface area contributed by atoms with E-state index in [0.717, 1.165) is 12.1 Å². The number of esters is 1. The van der Waals surface area contributed by atoms with Gasteiger partial charge in [-0.15, -0.1) is 0 Å². The highest BCUT2D eigenvalue weighted by molar-refractivity contribution is 9.10. The number of hydrogen-bond donors (Lipinski definition) is 0. The average molecular weight is 353 g/mol. The van der Waals surface area contributed by atoms with Crippen LogP contribution >= 0.6 is 15.9 Å². The van der Waals surface area contributed by atoms with Crippen molar-refractivity contribution in [1.82, 2.24) is 0 Å². The molecule has 0 N–H and O–H groups in total. The number of benzene rings is 1. The van der Waals surface area contributed by atoms with Crippen LogP contribution in [-0.2, 0) is 15.7 Å². The Kier molecular flexibility index (Phi) is 4.63. The van der Waals surface area contributed by atoms with E-state index in [9.17, 15) is 22.8 Å². The van der Waals surface area contributed by atoms with E-state index in [-0.39, 0.29) is 10.0 Å². The lowest BCUT2D eigenvalue weighted by Crippen LogP contribution is -2.29. The Hall–Kier alpha value is -1.37. The third kappa shape index (κ3) is 4.63. The van der Waals surface area contributed by atoms with Crippen molar-refractivity contribution in [2.24, 2.45) is 0 Å². The number of Topliss-reactive ketones (excluding diaryl/α,β-unsaturated/α-hetero) is 1. The molecule has 110 valence electrons. The zero-order valence-electron chi connectivity index (χ0n) is 11.0. The highest BCUT2D eigenvalue weighted by atomic mass is 79.9. The third-order valence-corrected chi connectivity index (χ3v) is 2.53. The van der Waals surface area contributed by atoms with Crippen LogP contribution in [0.15, 0.2) is 22.7 Å². The largest absolute Gasteiger partial charge is 0.454 e. The molecule has 0 aromatic heterocycles. The summed E-state index contributed by atoms with van der Waals surface area (Å²) in [5.74, 6) is -2.31. The van der Waals surface area contributed by atoms with Gasteiger partial charge in [0.1, 0.15) is 5.60 Å². The van der Waals surface area contributed by atoms with Gasteiger partial charge in [0.2, 0.25) is 0 Å². The molecular weight excluding hydrogens is 341 g/mol. The number of alkyl halides is 3. The summed E-state index contributed by atoms with van der Waals surface area (Å²) in [7, 11) is 0. The van der Waals surface area contributed by atoms with Gasteiger partial charge in [0.25, 0.3) is 5.78 Å². The molecule has 0 spiro atoms. The fourth-order valence-corrected chi connectivity index (χ4v) is 1.82. The first kappa shape index (κ1) is 16.7. The molecule has 0 bridgehead atoms. The lowest BCUT2D eigenvalue weighted by Gasteiger charge is -2.19. The highest BCUT2D eigenvalue weighted by Gasteiger charge is 2.33. The number of carbonyl (C=O) groups excluding carboxylic acids is 2. The van der Waals surface area contributed by atoms with Crippen LogP contribution in [0, 0.1) is 0 Å². The summed E-state index contributed by atoms with van der Waals surface area (Å²) < 4.78 is 42.8. The van der Waals surface area contributed by atoms with Gasteiger partial charge in [0.05, 0.1) is 5.56 Å². The van der Waals surface area contributed by atoms with Gasteiger partial charge >= 0.3 is 12.1 Å². The zero-order valence-corrected chi connectivity index (χ0v) is 12.6. The molecule has 3 nitrogen and oxygen atoms in total. The number of ketones is 1. The zero-order chi connectivity index (χ0) is 15.7. The standard InChI is InChI=1S/C13H12BrF3O3/c1-12(2,3)20-11(19)10(18)7-4-8(13(15,16)17)6-9(14)5-7/h4-6H,1-3H3. The normalized spacial score (nSPS) is 12.2. The Balaban J connectivity index is 3.11. The summed E-state index contributed by atoms with van der Waals surface area (Å²) in [5.41, 5.74) is -2.29. The lowest BCUT2D eigenvalue weighted by molar-refractivity contribution is -0.148. The molecule has 7 heteroatoms. The molecule has 0 aliphatic rings. The van der Waals surface area contributed by atoms with E-state index in [1.807, 2.05) is 0 Å². The van der Waals surface area contributed by atoms with Crippen molar-refractivity contribution in [2.45, 2.75) is 32.5 Å². The third-order valence-electron chi connectivity index (χ3n) is 2.07. The first-order chi connectivity index (χ1) is 8.90. The molecule has 0 amide bonds. The van der Waals surface area contributed by atoms with E-state index in [0.29, 0.717) is 6.07 Å². The molecule has 1 aromatic carbocycles. The first-order valence-corrected chi connectivity index (χ1v) is 6.35.